The minimum absolute atomic E-state index is 0.522. The van der Waals surface area contributed by atoms with E-state index in [1.54, 1.807) is 7.11 Å². The molecule has 0 aliphatic rings. The number of hydrogen-bond donors (Lipinski definition) is 1. The normalized spacial score (nSPS) is 10.8. The average molecular weight is 296 g/mol. The molecule has 21 heavy (non-hydrogen) atoms. The fourth-order valence-corrected chi connectivity index (χ4v) is 2.00. The van der Waals surface area contributed by atoms with Gasteiger partial charge in [0.05, 0.1) is 6.61 Å². The van der Waals surface area contributed by atoms with Gasteiger partial charge in [-0.05, 0) is 31.5 Å². The molecule has 0 amide bonds. The van der Waals surface area contributed by atoms with Crippen LogP contribution in [0.25, 0.3) is 0 Å². The summed E-state index contributed by atoms with van der Waals surface area (Å²) in [5.41, 5.74) is 2.29. The summed E-state index contributed by atoms with van der Waals surface area (Å²) >= 11 is 0. The van der Waals surface area contributed by atoms with Crippen LogP contribution in [0.5, 0.6) is 5.88 Å². The number of pyridine rings is 1. The standard InChI is InChI=1S/C16H28N2O3/c1-4-6-15-11-14(13-17-2)12-16(18-15)21-10-9-20-8-5-7-19-3/h11-12,17H,4-10,13H2,1-3H3. The second kappa shape index (κ2) is 11.5. The molecule has 0 bridgehead atoms. The lowest BCUT2D eigenvalue weighted by atomic mass is 10.1. The van der Waals surface area contributed by atoms with Crippen LogP contribution in [0.3, 0.4) is 0 Å². The molecule has 0 saturated heterocycles. The zero-order chi connectivity index (χ0) is 15.3. The zero-order valence-electron chi connectivity index (χ0n) is 13.5. The van der Waals surface area contributed by atoms with Gasteiger partial charge in [-0.2, -0.15) is 0 Å². The number of methoxy groups -OCH3 is 1. The number of aromatic nitrogens is 1. The van der Waals surface area contributed by atoms with Gasteiger partial charge in [-0.25, -0.2) is 4.98 Å². The second-order valence-corrected chi connectivity index (χ2v) is 4.89. The number of aryl methyl sites for hydroxylation is 1. The maximum absolute atomic E-state index is 5.69. The van der Waals surface area contributed by atoms with Gasteiger partial charge in [-0.15, -0.1) is 0 Å². The van der Waals surface area contributed by atoms with Gasteiger partial charge in [0.2, 0.25) is 5.88 Å². The first-order valence-electron chi connectivity index (χ1n) is 7.64. The fourth-order valence-electron chi connectivity index (χ4n) is 2.00. The summed E-state index contributed by atoms with van der Waals surface area (Å²) in [6.45, 7) is 5.50. The molecule has 5 nitrogen and oxygen atoms in total. The lowest BCUT2D eigenvalue weighted by Gasteiger charge is -2.10. The topological polar surface area (TPSA) is 52.6 Å². The van der Waals surface area contributed by atoms with Crippen LogP contribution in [0.1, 0.15) is 31.0 Å². The van der Waals surface area contributed by atoms with E-state index in [0.717, 1.165) is 38.1 Å². The predicted octanol–water partition coefficient (Wildman–Crippen LogP) is 2.19. The molecule has 0 atom stereocenters. The van der Waals surface area contributed by atoms with Crippen molar-refractivity contribution in [2.75, 3.05) is 40.6 Å². The molecule has 1 heterocycles. The number of nitrogens with zero attached hydrogens (tertiary/aromatic N) is 1. The molecule has 0 aliphatic carbocycles. The van der Waals surface area contributed by atoms with Gasteiger partial charge in [0, 0.05) is 38.6 Å². The molecule has 0 saturated carbocycles. The molecule has 0 unspecified atom stereocenters. The lowest BCUT2D eigenvalue weighted by Crippen LogP contribution is -2.11. The second-order valence-electron chi connectivity index (χ2n) is 4.89. The van der Waals surface area contributed by atoms with Crippen molar-refractivity contribution in [3.05, 3.63) is 23.4 Å². The monoisotopic (exact) mass is 296 g/mol. The molecule has 1 rings (SSSR count). The lowest BCUT2D eigenvalue weighted by molar-refractivity contribution is 0.0795. The summed E-state index contributed by atoms with van der Waals surface area (Å²) in [6, 6.07) is 4.12. The van der Waals surface area contributed by atoms with Crippen molar-refractivity contribution in [3.8, 4) is 5.88 Å². The third-order valence-electron chi connectivity index (χ3n) is 2.92. The molecule has 1 N–H and O–H groups in total. The van der Waals surface area contributed by atoms with Crippen molar-refractivity contribution in [2.24, 2.45) is 0 Å². The van der Waals surface area contributed by atoms with Gasteiger partial charge >= 0.3 is 0 Å². The molecule has 0 aliphatic heterocycles. The van der Waals surface area contributed by atoms with E-state index in [1.807, 2.05) is 13.1 Å². The first-order chi connectivity index (χ1) is 10.3. The smallest absolute Gasteiger partial charge is 0.213 e. The Morgan fingerprint density at radius 1 is 1.14 bits per heavy atom. The number of nitrogens with one attached hydrogen (secondary N) is 1. The van der Waals surface area contributed by atoms with Gasteiger partial charge in [0.15, 0.2) is 0 Å². The molecule has 120 valence electrons. The Balaban J connectivity index is 2.38. The van der Waals surface area contributed by atoms with Crippen LogP contribution in [0.15, 0.2) is 12.1 Å². The first kappa shape index (κ1) is 17.9. The Hall–Kier alpha value is -1.17. The number of hydrogen-bond acceptors (Lipinski definition) is 5. The molecule has 0 fully saturated rings. The van der Waals surface area contributed by atoms with E-state index in [0.29, 0.717) is 25.7 Å². The highest BCUT2D eigenvalue weighted by Gasteiger charge is 2.03. The predicted molar refractivity (Wildman–Crippen MR) is 83.8 cm³/mol. The SMILES string of the molecule is CCCc1cc(CNC)cc(OCCOCCCOC)n1. The van der Waals surface area contributed by atoms with Crippen LogP contribution in [0, 0.1) is 0 Å². The Labute approximate surface area is 128 Å². The third kappa shape index (κ3) is 7.99. The van der Waals surface area contributed by atoms with Gasteiger partial charge in [0.1, 0.15) is 6.61 Å². The largest absolute Gasteiger partial charge is 0.475 e. The van der Waals surface area contributed by atoms with E-state index in [4.69, 9.17) is 14.2 Å². The van der Waals surface area contributed by atoms with Crippen molar-refractivity contribution < 1.29 is 14.2 Å². The van der Waals surface area contributed by atoms with Crippen LogP contribution in [0.2, 0.25) is 0 Å². The van der Waals surface area contributed by atoms with Crippen molar-refractivity contribution in [1.82, 2.24) is 10.3 Å². The molecular formula is C16H28N2O3. The molecular weight excluding hydrogens is 268 g/mol. The summed E-state index contributed by atoms with van der Waals surface area (Å²) < 4.78 is 16.1. The van der Waals surface area contributed by atoms with Crippen molar-refractivity contribution in [2.45, 2.75) is 32.7 Å². The average Bonchev–Trinajstić information content (AvgIpc) is 2.47. The minimum Gasteiger partial charge on any atom is -0.475 e. The van der Waals surface area contributed by atoms with E-state index in [-0.39, 0.29) is 0 Å². The maximum atomic E-state index is 5.69. The first-order valence-corrected chi connectivity index (χ1v) is 7.64. The quantitative estimate of drug-likeness (QED) is 0.599. The van der Waals surface area contributed by atoms with E-state index >= 15 is 0 Å². The summed E-state index contributed by atoms with van der Waals surface area (Å²) in [5, 5.41) is 3.16. The maximum Gasteiger partial charge on any atom is 0.213 e. The number of rotatable bonds is 12. The molecule has 0 spiro atoms. The van der Waals surface area contributed by atoms with Crippen LogP contribution in [-0.2, 0) is 22.4 Å². The van der Waals surface area contributed by atoms with E-state index < -0.39 is 0 Å². The van der Waals surface area contributed by atoms with E-state index in [2.05, 4.69) is 23.3 Å². The summed E-state index contributed by atoms with van der Waals surface area (Å²) in [6.07, 6.45) is 2.96. The van der Waals surface area contributed by atoms with Crippen LogP contribution < -0.4 is 10.1 Å². The molecule has 5 heteroatoms. The van der Waals surface area contributed by atoms with E-state index in [1.165, 1.54) is 5.56 Å². The molecule has 1 aromatic heterocycles. The van der Waals surface area contributed by atoms with Crippen LogP contribution >= 0.6 is 0 Å². The zero-order valence-corrected chi connectivity index (χ0v) is 13.5. The van der Waals surface area contributed by atoms with Gasteiger partial charge in [-0.3, -0.25) is 0 Å². The Morgan fingerprint density at radius 2 is 2.00 bits per heavy atom. The highest BCUT2D eigenvalue weighted by atomic mass is 16.5. The minimum atomic E-state index is 0.522. The van der Waals surface area contributed by atoms with Crippen molar-refractivity contribution >= 4 is 0 Å². The van der Waals surface area contributed by atoms with Crippen LogP contribution in [0.4, 0.5) is 0 Å². The highest BCUT2D eigenvalue weighted by molar-refractivity contribution is 5.25. The third-order valence-corrected chi connectivity index (χ3v) is 2.92. The summed E-state index contributed by atoms with van der Waals surface area (Å²) in [4.78, 5) is 4.53. The summed E-state index contributed by atoms with van der Waals surface area (Å²) in [5.74, 6) is 0.687. The highest BCUT2D eigenvalue weighted by Crippen LogP contribution is 2.14. The van der Waals surface area contributed by atoms with E-state index in [9.17, 15) is 0 Å². The Bertz CT molecular complexity index is 362. The number of ether oxygens (including phenoxy) is 3. The Kier molecular flexibility index (Phi) is 9.78. The van der Waals surface area contributed by atoms with Gasteiger partial charge in [-0.1, -0.05) is 13.3 Å². The van der Waals surface area contributed by atoms with Crippen molar-refractivity contribution in [3.63, 3.8) is 0 Å². The van der Waals surface area contributed by atoms with Crippen LogP contribution in [-0.4, -0.2) is 45.6 Å². The fraction of sp³-hybridized carbons (Fsp3) is 0.688. The molecule has 0 radical (unpaired) electrons. The summed E-state index contributed by atoms with van der Waals surface area (Å²) in [7, 11) is 3.63. The van der Waals surface area contributed by atoms with Crippen molar-refractivity contribution in [1.29, 1.82) is 0 Å². The molecule has 1 aromatic rings. The molecule has 0 aromatic carbocycles. The van der Waals surface area contributed by atoms with Gasteiger partial charge < -0.3 is 19.5 Å². The van der Waals surface area contributed by atoms with Gasteiger partial charge in [0.25, 0.3) is 0 Å². The Morgan fingerprint density at radius 3 is 2.71 bits per heavy atom.